The average Bonchev–Trinajstić information content (AvgIpc) is 2.36. The van der Waals surface area contributed by atoms with E-state index in [2.05, 4.69) is 0 Å². The maximum Gasteiger partial charge on any atom is 0.417 e. The summed E-state index contributed by atoms with van der Waals surface area (Å²) in [5, 5.41) is 0. The maximum absolute atomic E-state index is 13.1. The van der Waals surface area contributed by atoms with Crippen LogP contribution in [0, 0.1) is 6.92 Å². The largest absolute Gasteiger partial charge is 0.417 e. The van der Waals surface area contributed by atoms with Gasteiger partial charge in [0.05, 0.1) is 11.1 Å². The molecule has 0 N–H and O–H groups in total. The summed E-state index contributed by atoms with van der Waals surface area (Å²) >= 11 is 0. The van der Waals surface area contributed by atoms with Gasteiger partial charge in [0.1, 0.15) is 0 Å². The fourth-order valence-corrected chi connectivity index (χ4v) is 2.07. The first-order valence-electron chi connectivity index (χ1n) is 5.95. The third-order valence-electron chi connectivity index (χ3n) is 3.09. The highest BCUT2D eigenvalue weighted by molar-refractivity contribution is 5.71. The molecule has 2 aromatic carbocycles. The van der Waals surface area contributed by atoms with Crippen LogP contribution in [0.15, 0.2) is 42.5 Å². The topological polar surface area (TPSA) is 0 Å². The first-order valence-corrected chi connectivity index (χ1v) is 5.95. The quantitative estimate of drug-likeness (QED) is 0.593. The number of halogens is 6. The molecule has 0 bridgehead atoms. The Balaban J connectivity index is 2.70. The van der Waals surface area contributed by atoms with Crippen LogP contribution in [0.5, 0.6) is 0 Å². The Morgan fingerprint density at radius 1 is 0.714 bits per heavy atom. The molecular formula is C15H10F6. The molecule has 6 heteroatoms. The molecule has 0 saturated carbocycles. The fraction of sp³-hybridized carbons (Fsp3) is 0.200. The molecule has 0 heterocycles. The Kier molecular flexibility index (Phi) is 3.74. The highest BCUT2D eigenvalue weighted by Gasteiger charge is 2.38. The Hall–Kier alpha value is -1.98. The van der Waals surface area contributed by atoms with Crippen molar-refractivity contribution in [3.63, 3.8) is 0 Å². The lowest BCUT2D eigenvalue weighted by Crippen LogP contribution is -2.12. The second-order valence-corrected chi connectivity index (χ2v) is 4.57. The van der Waals surface area contributed by atoms with Gasteiger partial charge in [0.2, 0.25) is 0 Å². The summed E-state index contributed by atoms with van der Waals surface area (Å²) in [5.74, 6) is 0. The number of alkyl halides is 6. The molecular weight excluding hydrogens is 294 g/mol. The summed E-state index contributed by atoms with van der Waals surface area (Å²) in [6, 6.07) is 7.93. The number of rotatable bonds is 1. The third-order valence-corrected chi connectivity index (χ3v) is 3.09. The lowest BCUT2D eigenvalue weighted by molar-refractivity contribution is -0.142. The maximum atomic E-state index is 13.1. The highest BCUT2D eigenvalue weighted by atomic mass is 19.4. The summed E-state index contributed by atoms with van der Waals surface area (Å²) in [7, 11) is 0. The minimum absolute atomic E-state index is 0.155. The van der Waals surface area contributed by atoms with Crippen LogP contribution in [-0.2, 0) is 12.4 Å². The summed E-state index contributed by atoms with van der Waals surface area (Å²) in [6.45, 7) is 1.60. The van der Waals surface area contributed by atoms with Crippen LogP contribution in [0.25, 0.3) is 11.1 Å². The first kappa shape index (κ1) is 15.4. The number of hydrogen-bond donors (Lipinski definition) is 0. The van der Waals surface area contributed by atoms with E-state index in [0.29, 0.717) is 11.6 Å². The number of hydrogen-bond acceptors (Lipinski definition) is 0. The predicted molar refractivity (Wildman–Crippen MR) is 66.6 cm³/mol. The van der Waals surface area contributed by atoms with Crippen LogP contribution in [0.2, 0.25) is 0 Å². The molecule has 0 aliphatic rings. The van der Waals surface area contributed by atoms with Crippen molar-refractivity contribution in [2.45, 2.75) is 19.3 Å². The van der Waals surface area contributed by atoms with Crippen molar-refractivity contribution in [1.29, 1.82) is 0 Å². The van der Waals surface area contributed by atoms with Crippen molar-refractivity contribution in [2.24, 2.45) is 0 Å². The van der Waals surface area contributed by atoms with Crippen LogP contribution in [0.1, 0.15) is 16.7 Å². The molecule has 112 valence electrons. The summed E-state index contributed by atoms with van der Waals surface area (Å²) in [5.41, 5.74) is -2.03. The molecule has 0 aliphatic heterocycles. The molecule has 0 aliphatic carbocycles. The van der Waals surface area contributed by atoms with Crippen LogP contribution in [-0.4, -0.2) is 0 Å². The lowest BCUT2D eigenvalue weighted by Gasteiger charge is -2.17. The van der Waals surface area contributed by atoms with Gasteiger partial charge in [-0.1, -0.05) is 30.3 Å². The SMILES string of the molecule is Cc1ccccc1-c1ccc(C(F)(F)F)cc1C(F)(F)F. The second-order valence-electron chi connectivity index (χ2n) is 4.57. The van der Waals surface area contributed by atoms with Crippen molar-refractivity contribution in [2.75, 3.05) is 0 Å². The van der Waals surface area contributed by atoms with Gasteiger partial charge in [-0.3, -0.25) is 0 Å². The standard InChI is InChI=1S/C15H10F6/c1-9-4-2-3-5-11(9)12-7-6-10(14(16,17)18)8-13(12)15(19,20)21/h2-8H,1H3. The van der Waals surface area contributed by atoms with Gasteiger partial charge in [-0.2, -0.15) is 26.3 Å². The van der Waals surface area contributed by atoms with Crippen molar-refractivity contribution in [3.05, 3.63) is 59.2 Å². The molecule has 0 saturated heterocycles. The van der Waals surface area contributed by atoms with Crippen molar-refractivity contribution < 1.29 is 26.3 Å². The van der Waals surface area contributed by atoms with Gasteiger partial charge in [0.15, 0.2) is 0 Å². The minimum atomic E-state index is -4.86. The van der Waals surface area contributed by atoms with E-state index >= 15 is 0 Å². The van der Waals surface area contributed by atoms with Crippen molar-refractivity contribution >= 4 is 0 Å². The number of benzene rings is 2. The molecule has 2 rings (SSSR count). The zero-order valence-electron chi connectivity index (χ0n) is 10.8. The van der Waals surface area contributed by atoms with E-state index in [1.165, 1.54) is 6.07 Å². The van der Waals surface area contributed by atoms with Crippen LogP contribution in [0.4, 0.5) is 26.3 Å². The summed E-state index contributed by atoms with van der Waals surface area (Å²) in [4.78, 5) is 0. The highest BCUT2D eigenvalue weighted by Crippen LogP contribution is 2.41. The molecule has 0 nitrogen and oxygen atoms in total. The molecule has 0 radical (unpaired) electrons. The van der Waals surface area contributed by atoms with Gasteiger partial charge in [0.25, 0.3) is 0 Å². The molecule has 2 aromatic rings. The second kappa shape index (κ2) is 5.09. The molecule has 0 spiro atoms. The predicted octanol–water partition coefficient (Wildman–Crippen LogP) is 5.70. The van der Waals surface area contributed by atoms with E-state index in [9.17, 15) is 26.3 Å². The zero-order valence-corrected chi connectivity index (χ0v) is 10.8. The molecule has 0 amide bonds. The van der Waals surface area contributed by atoms with E-state index in [-0.39, 0.29) is 17.2 Å². The molecule has 0 aromatic heterocycles. The third kappa shape index (κ3) is 3.20. The Labute approximate surface area is 117 Å². The van der Waals surface area contributed by atoms with E-state index in [0.717, 1.165) is 6.07 Å². The first-order chi connectivity index (χ1) is 9.60. The number of aryl methyl sites for hydroxylation is 1. The van der Waals surface area contributed by atoms with E-state index in [1.807, 2.05) is 0 Å². The van der Waals surface area contributed by atoms with Crippen LogP contribution < -0.4 is 0 Å². The van der Waals surface area contributed by atoms with E-state index in [4.69, 9.17) is 0 Å². The van der Waals surface area contributed by atoms with Gasteiger partial charge in [-0.25, -0.2) is 0 Å². The zero-order chi connectivity index (χ0) is 15.8. The van der Waals surface area contributed by atoms with Gasteiger partial charge in [0, 0.05) is 0 Å². The molecule has 21 heavy (non-hydrogen) atoms. The summed E-state index contributed by atoms with van der Waals surface area (Å²) < 4.78 is 77.0. The Bertz CT molecular complexity index is 652. The molecule has 0 unspecified atom stereocenters. The van der Waals surface area contributed by atoms with Gasteiger partial charge in [-0.05, 0) is 35.7 Å². The normalized spacial score (nSPS) is 12.5. The Morgan fingerprint density at radius 3 is 1.86 bits per heavy atom. The van der Waals surface area contributed by atoms with E-state index in [1.54, 1.807) is 25.1 Å². The minimum Gasteiger partial charge on any atom is -0.166 e. The van der Waals surface area contributed by atoms with Crippen LogP contribution >= 0.6 is 0 Å². The van der Waals surface area contributed by atoms with Gasteiger partial charge >= 0.3 is 12.4 Å². The average molecular weight is 304 g/mol. The van der Waals surface area contributed by atoms with Crippen molar-refractivity contribution in [3.8, 4) is 11.1 Å². The molecule has 0 fully saturated rings. The van der Waals surface area contributed by atoms with Crippen molar-refractivity contribution in [1.82, 2.24) is 0 Å². The molecule has 0 atom stereocenters. The van der Waals surface area contributed by atoms with Gasteiger partial charge < -0.3 is 0 Å². The van der Waals surface area contributed by atoms with E-state index < -0.39 is 23.5 Å². The summed E-state index contributed by atoms with van der Waals surface area (Å²) in [6.07, 6.45) is -9.68. The monoisotopic (exact) mass is 304 g/mol. The fourth-order valence-electron chi connectivity index (χ4n) is 2.07. The lowest BCUT2D eigenvalue weighted by atomic mass is 9.94. The Morgan fingerprint density at radius 2 is 1.33 bits per heavy atom. The smallest absolute Gasteiger partial charge is 0.166 e. The van der Waals surface area contributed by atoms with Gasteiger partial charge in [-0.15, -0.1) is 0 Å². The van der Waals surface area contributed by atoms with Crippen LogP contribution in [0.3, 0.4) is 0 Å².